The van der Waals surface area contributed by atoms with E-state index < -0.39 is 11.5 Å². The molecule has 1 aliphatic carbocycles. The second kappa shape index (κ2) is 7.49. The summed E-state index contributed by atoms with van der Waals surface area (Å²) >= 11 is 5.97. The molecule has 0 atom stereocenters. The Hall–Kier alpha value is -1.75. The second-order valence-electron chi connectivity index (χ2n) is 5.64. The number of nitrogens with one attached hydrogen (secondary N) is 1. The first-order chi connectivity index (χ1) is 10.5. The number of hydrogen-bond acceptors (Lipinski definition) is 3. The van der Waals surface area contributed by atoms with Gasteiger partial charge in [0.2, 0.25) is 5.91 Å². The number of carboxylic acid groups (broad SMARTS) is 1. The normalized spacial score (nSPS) is 15.7. The Kier molecular flexibility index (Phi) is 5.66. The summed E-state index contributed by atoms with van der Waals surface area (Å²) in [6, 6.07) is 7.18. The summed E-state index contributed by atoms with van der Waals surface area (Å²) in [5, 5.41) is 12.3. The number of para-hydroxylation sites is 1. The van der Waals surface area contributed by atoms with Crippen LogP contribution in [0.4, 0.5) is 0 Å². The molecule has 0 bridgehead atoms. The maximum absolute atomic E-state index is 11.9. The summed E-state index contributed by atoms with van der Waals surface area (Å²) in [5.41, 5.74) is -0.535. The van der Waals surface area contributed by atoms with E-state index in [0.717, 1.165) is 19.3 Å². The molecule has 1 aliphatic rings. The third-order valence-electron chi connectivity index (χ3n) is 3.85. The minimum atomic E-state index is -0.873. The van der Waals surface area contributed by atoms with Gasteiger partial charge in [-0.25, -0.2) is 0 Å². The number of amides is 1. The van der Waals surface area contributed by atoms with Crippen molar-refractivity contribution in [2.24, 2.45) is 0 Å². The molecule has 6 heteroatoms. The number of rotatable bonds is 8. The van der Waals surface area contributed by atoms with Gasteiger partial charge in [-0.05, 0) is 37.8 Å². The van der Waals surface area contributed by atoms with Crippen LogP contribution in [0.15, 0.2) is 24.3 Å². The molecule has 1 aromatic rings. The number of carbonyl (C=O) groups is 2. The van der Waals surface area contributed by atoms with Crippen molar-refractivity contribution in [1.82, 2.24) is 5.32 Å². The van der Waals surface area contributed by atoms with E-state index in [1.807, 2.05) is 12.1 Å². The lowest BCUT2D eigenvalue weighted by Crippen LogP contribution is -2.54. The summed E-state index contributed by atoms with van der Waals surface area (Å²) in [4.78, 5) is 22.8. The third kappa shape index (κ3) is 4.63. The molecule has 0 saturated heterocycles. The SMILES string of the molecule is O=C(O)CC1(NC(=O)CCCOc2ccccc2Cl)CCC1. The van der Waals surface area contributed by atoms with Crippen LogP contribution < -0.4 is 10.1 Å². The molecule has 0 aromatic heterocycles. The molecule has 120 valence electrons. The van der Waals surface area contributed by atoms with Crippen molar-refractivity contribution < 1.29 is 19.4 Å². The van der Waals surface area contributed by atoms with E-state index in [1.165, 1.54) is 0 Å². The van der Waals surface area contributed by atoms with E-state index in [4.69, 9.17) is 21.4 Å². The predicted octanol–water partition coefficient (Wildman–Crippen LogP) is 3.01. The van der Waals surface area contributed by atoms with Gasteiger partial charge in [-0.3, -0.25) is 9.59 Å². The van der Waals surface area contributed by atoms with E-state index in [-0.39, 0.29) is 12.3 Å². The van der Waals surface area contributed by atoms with Crippen LogP contribution in [0.2, 0.25) is 5.02 Å². The van der Waals surface area contributed by atoms with Crippen molar-refractivity contribution in [2.75, 3.05) is 6.61 Å². The van der Waals surface area contributed by atoms with Crippen LogP contribution in [0.3, 0.4) is 0 Å². The number of carboxylic acids is 1. The van der Waals surface area contributed by atoms with Gasteiger partial charge >= 0.3 is 5.97 Å². The maximum Gasteiger partial charge on any atom is 0.305 e. The largest absolute Gasteiger partial charge is 0.492 e. The number of hydrogen-bond donors (Lipinski definition) is 2. The minimum Gasteiger partial charge on any atom is -0.492 e. The van der Waals surface area contributed by atoms with E-state index in [0.29, 0.717) is 30.2 Å². The lowest BCUT2D eigenvalue weighted by molar-refractivity contribution is -0.140. The van der Waals surface area contributed by atoms with Crippen LogP contribution >= 0.6 is 11.6 Å². The molecule has 0 heterocycles. The van der Waals surface area contributed by atoms with E-state index >= 15 is 0 Å². The minimum absolute atomic E-state index is 0.00510. The Bertz CT molecular complexity index is 543. The molecule has 2 N–H and O–H groups in total. The first-order valence-corrected chi connectivity index (χ1v) is 7.79. The molecule has 1 amide bonds. The highest BCUT2D eigenvalue weighted by atomic mass is 35.5. The van der Waals surface area contributed by atoms with Crippen LogP contribution in [-0.4, -0.2) is 29.1 Å². The molecule has 2 rings (SSSR count). The van der Waals surface area contributed by atoms with Crippen molar-refractivity contribution >= 4 is 23.5 Å². The highest BCUT2D eigenvalue weighted by Crippen LogP contribution is 2.35. The number of halogens is 1. The second-order valence-corrected chi connectivity index (χ2v) is 6.04. The van der Waals surface area contributed by atoms with Gasteiger partial charge in [0.05, 0.1) is 23.6 Å². The van der Waals surface area contributed by atoms with Crippen LogP contribution in [0.25, 0.3) is 0 Å². The molecule has 1 saturated carbocycles. The van der Waals surface area contributed by atoms with Gasteiger partial charge in [0, 0.05) is 6.42 Å². The summed E-state index contributed by atoms with van der Waals surface area (Å²) in [5.74, 6) is -0.392. The van der Waals surface area contributed by atoms with Crippen LogP contribution in [0, 0.1) is 0 Å². The van der Waals surface area contributed by atoms with Crippen molar-refractivity contribution in [2.45, 2.75) is 44.1 Å². The van der Waals surface area contributed by atoms with Crippen LogP contribution in [-0.2, 0) is 9.59 Å². The number of benzene rings is 1. The monoisotopic (exact) mass is 325 g/mol. The molecule has 0 radical (unpaired) electrons. The predicted molar refractivity (Wildman–Crippen MR) is 83.2 cm³/mol. The van der Waals surface area contributed by atoms with Gasteiger partial charge in [0.15, 0.2) is 0 Å². The van der Waals surface area contributed by atoms with E-state index in [1.54, 1.807) is 12.1 Å². The molecule has 22 heavy (non-hydrogen) atoms. The Balaban J connectivity index is 1.70. The maximum atomic E-state index is 11.9. The molecule has 0 spiro atoms. The zero-order valence-corrected chi connectivity index (χ0v) is 13.1. The quantitative estimate of drug-likeness (QED) is 0.720. The molecule has 1 fully saturated rings. The molecule has 5 nitrogen and oxygen atoms in total. The zero-order valence-electron chi connectivity index (χ0n) is 12.3. The fourth-order valence-electron chi connectivity index (χ4n) is 2.57. The van der Waals surface area contributed by atoms with Crippen molar-refractivity contribution in [1.29, 1.82) is 0 Å². The van der Waals surface area contributed by atoms with Crippen molar-refractivity contribution in [3.8, 4) is 5.75 Å². The van der Waals surface area contributed by atoms with Crippen LogP contribution in [0.5, 0.6) is 5.75 Å². The highest BCUT2D eigenvalue weighted by Gasteiger charge is 2.40. The topological polar surface area (TPSA) is 75.6 Å². The summed E-state index contributed by atoms with van der Waals surface area (Å²) in [6.07, 6.45) is 3.30. The standard InChI is InChI=1S/C16H20ClNO4/c17-12-5-1-2-6-13(12)22-10-3-7-14(19)18-16(8-4-9-16)11-15(20)21/h1-2,5-6H,3-4,7-11H2,(H,18,19)(H,20,21). The van der Waals surface area contributed by atoms with E-state index in [9.17, 15) is 9.59 Å². The lowest BCUT2D eigenvalue weighted by Gasteiger charge is -2.41. The third-order valence-corrected chi connectivity index (χ3v) is 4.16. The summed E-state index contributed by atoms with van der Waals surface area (Å²) in [7, 11) is 0. The van der Waals surface area contributed by atoms with Gasteiger partial charge in [-0.1, -0.05) is 23.7 Å². The Morgan fingerprint density at radius 2 is 2.05 bits per heavy atom. The summed E-state index contributed by atoms with van der Waals surface area (Å²) in [6.45, 7) is 0.392. The molecule has 0 aliphatic heterocycles. The van der Waals surface area contributed by atoms with Gasteiger partial charge in [0.1, 0.15) is 5.75 Å². The fraction of sp³-hybridized carbons (Fsp3) is 0.500. The highest BCUT2D eigenvalue weighted by molar-refractivity contribution is 6.32. The molecular formula is C16H20ClNO4. The smallest absolute Gasteiger partial charge is 0.305 e. The van der Waals surface area contributed by atoms with Crippen molar-refractivity contribution in [3.63, 3.8) is 0 Å². The fourth-order valence-corrected chi connectivity index (χ4v) is 2.76. The van der Waals surface area contributed by atoms with Crippen LogP contribution in [0.1, 0.15) is 38.5 Å². The average Bonchev–Trinajstić information content (AvgIpc) is 2.42. The lowest BCUT2D eigenvalue weighted by atomic mass is 9.74. The number of aliphatic carboxylic acids is 1. The number of ether oxygens (including phenoxy) is 1. The van der Waals surface area contributed by atoms with Gasteiger partial charge in [0.25, 0.3) is 0 Å². The first kappa shape index (κ1) is 16.6. The Labute approximate surface area is 134 Å². The van der Waals surface area contributed by atoms with Gasteiger partial charge < -0.3 is 15.2 Å². The Morgan fingerprint density at radius 1 is 1.32 bits per heavy atom. The zero-order chi connectivity index (χ0) is 16.0. The summed E-state index contributed by atoms with van der Waals surface area (Å²) < 4.78 is 5.52. The Morgan fingerprint density at radius 3 is 2.64 bits per heavy atom. The number of carbonyl (C=O) groups excluding carboxylic acids is 1. The van der Waals surface area contributed by atoms with Crippen molar-refractivity contribution in [3.05, 3.63) is 29.3 Å². The van der Waals surface area contributed by atoms with Gasteiger partial charge in [-0.2, -0.15) is 0 Å². The molecule has 0 unspecified atom stereocenters. The first-order valence-electron chi connectivity index (χ1n) is 7.41. The van der Waals surface area contributed by atoms with E-state index in [2.05, 4.69) is 5.32 Å². The molecular weight excluding hydrogens is 306 g/mol. The van der Waals surface area contributed by atoms with Gasteiger partial charge in [-0.15, -0.1) is 0 Å². The average molecular weight is 326 g/mol. The molecule has 1 aromatic carbocycles.